The van der Waals surface area contributed by atoms with Crippen molar-refractivity contribution in [2.45, 2.75) is 32.6 Å². The molecule has 2 rings (SSSR count). The molecule has 0 saturated carbocycles. The third-order valence-electron chi connectivity index (χ3n) is 2.96. The van der Waals surface area contributed by atoms with Crippen LogP contribution in [0.5, 0.6) is 0 Å². The molecule has 3 nitrogen and oxygen atoms in total. The van der Waals surface area contributed by atoms with Crippen molar-refractivity contribution >= 4 is 21.6 Å². The summed E-state index contributed by atoms with van der Waals surface area (Å²) in [6.07, 6.45) is 0.554. The summed E-state index contributed by atoms with van der Waals surface area (Å²) in [7, 11) is 0. The van der Waals surface area contributed by atoms with Crippen molar-refractivity contribution in [1.29, 1.82) is 0 Å². The lowest BCUT2D eigenvalue weighted by atomic mass is 10.1. The van der Waals surface area contributed by atoms with Gasteiger partial charge in [-0.1, -0.05) is 15.9 Å². The molecule has 2 atom stereocenters. The van der Waals surface area contributed by atoms with Crippen LogP contribution in [0, 0.1) is 0 Å². The normalized spacial score (nSPS) is 25.1. The fourth-order valence-electron chi connectivity index (χ4n) is 2.32. The average molecular weight is 299 g/mol. The summed E-state index contributed by atoms with van der Waals surface area (Å²) in [6, 6.07) is 6.37. The highest BCUT2D eigenvalue weighted by molar-refractivity contribution is 9.10. The molecule has 0 bridgehead atoms. The van der Waals surface area contributed by atoms with Gasteiger partial charge in [0.05, 0.1) is 12.2 Å². The van der Waals surface area contributed by atoms with Gasteiger partial charge in [-0.2, -0.15) is 0 Å². The Balaban J connectivity index is 2.23. The average Bonchev–Trinajstić information content (AvgIpc) is 2.26. The number of anilines is 1. The number of rotatable bonds is 2. The van der Waals surface area contributed by atoms with Gasteiger partial charge >= 0.3 is 0 Å². The fraction of sp³-hybridized carbons (Fsp3) is 0.538. The summed E-state index contributed by atoms with van der Waals surface area (Å²) in [4.78, 5) is 2.36. The monoisotopic (exact) mass is 298 g/mol. The van der Waals surface area contributed by atoms with Gasteiger partial charge in [0, 0.05) is 29.8 Å². The lowest BCUT2D eigenvalue weighted by Gasteiger charge is -2.37. The standard InChI is InChI=1S/C13H19BrN2O/c1-9-7-16(8-10(2)17-9)13-4-11(6-15)3-12(14)5-13/h3-5,9-10H,6-8,15H2,1-2H3/t9-,10+. The number of nitrogens with two attached hydrogens (primary N) is 1. The largest absolute Gasteiger partial charge is 0.372 e. The second-order valence-corrected chi connectivity index (χ2v) is 5.60. The van der Waals surface area contributed by atoms with Gasteiger partial charge in [0.2, 0.25) is 0 Å². The van der Waals surface area contributed by atoms with Gasteiger partial charge in [-0.05, 0) is 37.6 Å². The molecule has 4 heteroatoms. The Kier molecular flexibility index (Phi) is 4.07. The SMILES string of the molecule is C[C@@H]1CN(c2cc(Br)cc(CN)c2)C[C@H](C)O1. The van der Waals surface area contributed by atoms with E-state index in [-0.39, 0.29) is 12.2 Å². The zero-order valence-corrected chi connectivity index (χ0v) is 11.9. The topological polar surface area (TPSA) is 38.5 Å². The van der Waals surface area contributed by atoms with E-state index in [9.17, 15) is 0 Å². The summed E-state index contributed by atoms with van der Waals surface area (Å²) < 4.78 is 6.83. The number of hydrogen-bond donors (Lipinski definition) is 1. The quantitative estimate of drug-likeness (QED) is 0.912. The molecule has 17 heavy (non-hydrogen) atoms. The van der Waals surface area contributed by atoms with Crippen molar-refractivity contribution in [2.75, 3.05) is 18.0 Å². The summed E-state index contributed by atoms with van der Waals surface area (Å²) in [5, 5.41) is 0. The molecule has 1 aliphatic rings. The van der Waals surface area contributed by atoms with Gasteiger partial charge in [-0.15, -0.1) is 0 Å². The number of halogens is 1. The number of nitrogens with zero attached hydrogens (tertiary/aromatic N) is 1. The van der Waals surface area contributed by atoms with Gasteiger partial charge in [-0.25, -0.2) is 0 Å². The summed E-state index contributed by atoms with van der Waals surface area (Å²) in [5.74, 6) is 0. The molecule has 0 unspecified atom stereocenters. The molecule has 1 aliphatic heterocycles. The highest BCUT2D eigenvalue weighted by Gasteiger charge is 2.22. The van der Waals surface area contributed by atoms with Crippen LogP contribution in [0.25, 0.3) is 0 Å². The highest BCUT2D eigenvalue weighted by atomic mass is 79.9. The first-order valence-electron chi connectivity index (χ1n) is 5.98. The van der Waals surface area contributed by atoms with Crippen LogP contribution >= 0.6 is 15.9 Å². The lowest BCUT2D eigenvalue weighted by molar-refractivity contribution is -0.00522. The van der Waals surface area contributed by atoms with Crippen LogP contribution in [-0.4, -0.2) is 25.3 Å². The van der Waals surface area contributed by atoms with E-state index in [0.717, 1.165) is 23.1 Å². The van der Waals surface area contributed by atoms with E-state index < -0.39 is 0 Å². The smallest absolute Gasteiger partial charge is 0.0726 e. The molecule has 1 aromatic carbocycles. The molecule has 1 saturated heterocycles. The van der Waals surface area contributed by atoms with Crippen molar-refractivity contribution in [3.05, 3.63) is 28.2 Å². The summed E-state index contributed by atoms with van der Waals surface area (Å²) in [6.45, 7) is 6.67. The minimum Gasteiger partial charge on any atom is -0.372 e. The molecule has 1 heterocycles. The third-order valence-corrected chi connectivity index (χ3v) is 3.42. The van der Waals surface area contributed by atoms with Gasteiger partial charge in [-0.3, -0.25) is 0 Å². The first-order valence-corrected chi connectivity index (χ1v) is 6.77. The van der Waals surface area contributed by atoms with E-state index in [0.29, 0.717) is 6.54 Å². The Hall–Kier alpha value is -0.580. The third kappa shape index (κ3) is 3.21. The fourth-order valence-corrected chi connectivity index (χ4v) is 2.85. The molecule has 2 N–H and O–H groups in total. The Morgan fingerprint density at radius 1 is 1.29 bits per heavy atom. The van der Waals surface area contributed by atoms with Crippen molar-refractivity contribution in [3.63, 3.8) is 0 Å². The highest BCUT2D eigenvalue weighted by Crippen LogP contribution is 2.25. The predicted octanol–water partition coefficient (Wildman–Crippen LogP) is 2.52. The number of ether oxygens (including phenoxy) is 1. The Bertz CT molecular complexity index is 387. The minimum atomic E-state index is 0.277. The van der Waals surface area contributed by atoms with Gasteiger partial charge in [0.15, 0.2) is 0 Å². The van der Waals surface area contributed by atoms with Crippen LogP contribution in [0.15, 0.2) is 22.7 Å². The Morgan fingerprint density at radius 3 is 2.53 bits per heavy atom. The van der Waals surface area contributed by atoms with E-state index in [1.165, 1.54) is 5.69 Å². The van der Waals surface area contributed by atoms with E-state index in [4.69, 9.17) is 10.5 Å². The Morgan fingerprint density at radius 2 is 1.94 bits per heavy atom. The number of benzene rings is 1. The zero-order valence-electron chi connectivity index (χ0n) is 10.3. The second-order valence-electron chi connectivity index (χ2n) is 4.68. The van der Waals surface area contributed by atoms with Crippen LogP contribution in [0.3, 0.4) is 0 Å². The van der Waals surface area contributed by atoms with Gasteiger partial charge < -0.3 is 15.4 Å². The Labute approximate surface area is 111 Å². The molecular weight excluding hydrogens is 280 g/mol. The molecule has 0 spiro atoms. The minimum absolute atomic E-state index is 0.277. The maximum Gasteiger partial charge on any atom is 0.0726 e. The van der Waals surface area contributed by atoms with E-state index in [1.807, 2.05) is 0 Å². The van der Waals surface area contributed by atoms with Gasteiger partial charge in [0.25, 0.3) is 0 Å². The van der Waals surface area contributed by atoms with Crippen molar-refractivity contribution in [3.8, 4) is 0 Å². The molecular formula is C13H19BrN2O. The van der Waals surface area contributed by atoms with Crippen molar-refractivity contribution in [1.82, 2.24) is 0 Å². The van der Waals surface area contributed by atoms with Gasteiger partial charge in [0.1, 0.15) is 0 Å². The molecule has 0 amide bonds. The predicted molar refractivity (Wildman–Crippen MR) is 74.3 cm³/mol. The van der Waals surface area contributed by atoms with Crippen LogP contribution in [0.2, 0.25) is 0 Å². The lowest BCUT2D eigenvalue weighted by Crippen LogP contribution is -2.45. The molecule has 1 aromatic rings. The van der Waals surface area contributed by atoms with Crippen molar-refractivity contribution in [2.24, 2.45) is 5.73 Å². The van der Waals surface area contributed by atoms with Crippen molar-refractivity contribution < 1.29 is 4.74 Å². The van der Waals surface area contributed by atoms with Crippen LogP contribution < -0.4 is 10.6 Å². The van der Waals surface area contributed by atoms with Crippen LogP contribution in [0.1, 0.15) is 19.4 Å². The van der Waals surface area contributed by atoms with Crippen LogP contribution in [0.4, 0.5) is 5.69 Å². The number of hydrogen-bond acceptors (Lipinski definition) is 3. The number of morpholine rings is 1. The first kappa shape index (κ1) is 12.9. The van der Waals surface area contributed by atoms with E-state index in [2.05, 4.69) is 52.9 Å². The second kappa shape index (κ2) is 5.38. The molecule has 0 radical (unpaired) electrons. The molecule has 0 aromatic heterocycles. The van der Waals surface area contributed by atoms with Crippen LogP contribution in [-0.2, 0) is 11.3 Å². The first-order chi connectivity index (χ1) is 8.08. The molecule has 0 aliphatic carbocycles. The summed E-state index contributed by atoms with van der Waals surface area (Å²) >= 11 is 3.54. The molecule has 1 fully saturated rings. The van der Waals surface area contributed by atoms with E-state index in [1.54, 1.807) is 0 Å². The zero-order chi connectivity index (χ0) is 12.4. The maximum atomic E-state index is 5.75. The van der Waals surface area contributed by atoms with E-state index >= 15 is 0 Å². The summed E-state index contributed by atoms with van der Waals surface area (Å²) in [5.41, 5.74) is 8.09. The maximum absolute atomic E-state index is 5.75. The molecule has 94 valence electrons.